The van der Waals surface area contributed by atoms with E-state index in [1.165, 1.54) is 0 Å². The van der Waals surface area contributed by atoms with Crippen LogP contribution in [0, 0.1) is 13.8 Å². The van der Waals surface area contributed by atoms with Crippen LogP contribution in [0.4, 0.5) is 0 Å². The molecule has 0 aliphatic carbocycles. The number of benzene rings is 1. The van der Waals surface area contributed by atoms with E-state index >= 15 is 0 Å². The number of aromatic amines is 1. The van der Waals surface area contributed by atoms with Gasteiger partial charge in [0, 0.05) is 34.8 Å². The van der Waals surface area contributed by atoms with Gasteiger partial charge >= 0.3 is 0 Å². The molecule has 2 N–H and O–H groups in total. The lowest BCUT2D eigenvalue weighted by Crippen LogP contribution is -2.20. The van der Waals surface area contributed by atoms with E-state index in [9.17, 15) is 4.79 Å². The zero-order valence-corrected chi connectivity index (χ0v) is 13.2. The highest BCUT2D eigenvalue weighted by Crippen LogP contribution is 2.15. The van der Waals surface area contributed by atoms with Crippen molar-refractivity contribution in [2.45, 2.75) is 26.8 Å². The predicted octanol–water partition coefficient (Wildman–Crippen LogP) is 2.52. The molecule has 1 aromatic carbocycles. The fourth-order valence-corrected chi connectivity index (χ4v) is 2.54. The molecule has 0 radical (unpaired) electrons. The molecular formula is C17H19N5O. The molecule has 0 atom stereocenters. The summed E-state index contributed by atoms with van der Waals surface area (Å²) in [6.07, 6.45) is 3.86. The van der Waals surface area contributed by atoms with E-state index in [1.807, 2.05) is 55.1 Å². The van der Waals surface area contributed by atoms with Gasteiger partial charge in [0.2, 0.25) is 5.91 Å². The van der Waals surface area contributed by atoms with Gasteiger partial charge in [-0.15, -0.1) is 0 Å². The van der Waals surface area contributed by atoms with Gasteiger partial charge in [-0.25, -0.2) is 5.43 Å². The third-order valence-electron chi connectivity index (χ3n) is 3.67. The summed E-state index contributed by atoms with van der Waals surface area (Å²) in [4.78, 5) is 15.0. The van der Waals surface area contributed by atoms with E-state index in [2.05, 4.69) is 20.6 Å². The Balaban J connectivity index is 1.55. The Kier molecular flexibility index (Phi) is 4.23. The number of aryl methyl sites for hydroxylation is 3. The largest absolute Gasteiger partial charge is 0.361 e. The summed E-state index contributed by atoms with van der Waals surface area (Å²) in [5.41, 5.74) is 6.56. The third kappa shape index (κ3) is 3.48. The van der Waals surface area contributed by atoms with Gasteiger partial charge in [-0.05, 0) is 26.0 Å². The standard InChI is InChI=1S/C17H19N5O/c1-12-9-13(2)22(21-12)8-7-17(23)20-19-11-14-10-18-16-6-4-3-5-15(14)16/h3-6,9-11,18H,7-8H2,1-2H3,(H,20,23)/b19-11-. The molecule has 6 heteroatoms. The molecule has 0 aliphatic heterocycles. The number of hydrogen-bond donors (Lipinski definition) is 2. The minimum absolute atomic E-state index is 0.131. The summed E-state index contributed by atoms with van der Waals surface area (Å²) in [5, 5.41) is 9.44. The number of hydrazone groups is 1. The van der Waals surface area contributed by atoms with E-state index in [-0.39, 0.29) is 5.91 Å². The highest BCUT2D eigenvalue weighted by molar-refractivity contribution is 5.99. The molecule has 0 bridgehead atoms. The predicted molar refractivity (Wildman–Crippen MR) is 90.4 cm³/mol. The van der Waals surface area contributed by atoms with Gasteiger partial charge in [0.15, 0.2) is 0 Å². The summed E-state index contributed by atoms with van der Waals surface area (Å²) < 4.78 is 1.83. The van der Waals surface area contributed by atoms with Crippen molar-refractivity contribution in [1.82, 2.24) is 20.2 Å². The van der Waals surface area contributed by atoms with E-state index in [0.717, 1.165) is 27.9 Å². The molecule has 0 aliphatic rings. The molecule has 0 spiro atoms. The Hall–Kier alpha value is -2.89. The molecular weight excluding hydrogens is 290 g/mol. The van der Waals surface area contributed by atoms with Crippen LogP contribution >= 0.6 is 0 Å². The van der Waals surface area contributed by atoms with Gasteiger partial charge in [0.1, 0.15) is 0 Å². The Morgan fingerprint density at radius 1 is 1.39 bits per heavy atom. The van der Waals surface area contributed by atoms with Crippen molar-refractivity contribution in [2.24, 2.45) is 5.10 Å². The monoisotopic (exact) mass is 309 g/mol. The quantitative estimate of drug-likeness (QED) is 0.561. The van der Waals surface area contributed by atoms with Gasteiger partial charge in [-0.2, -0.15) is 10.2 Å². The normalized spacial score (nSPS) is 11.4. The lowest BCUT2D eigenvalue weighted by Gasteiger charge is -2.03. The number of H-pyrrole nitrogens is 1. The molecule has 6 nitrogen and oxygen atoms in total. The van der Waals surface area contributed by atoms with Crippen LogP contribution in [0.3, 0.4) is 0 Å². The lowest BCUT2D eigenvalue weighted by molar-refractivity contribution is -0.121. The number of amides is 1. The molecule has 1 amide bonds. The van der Waals surface area contributed by atoms with Crippen LogP contribution in [-0.2, 0) is 11.3 Å². The molecule has 0 unspecified atom stereocenters. The Labute approximate surface area is 134 Å². The zero-order valence-electron chi connectivity index (χ0n) is 13.2. The zero-order chi connectivity index (χ0) is 16.2. The maximum Gasteiger partial charge on any atom is 0.241 e. The van der Waals surface area contributed by atoms with Crippen LogP contribution in [0.25, 0.3) is 10.9 Å². The first-order valence-corrected chi connectivity index (χ1v) is 7.52. The molecule has 3 rings (SSSR count). The summed E-state index contributed by atoms with van der Waals surface area (Å²) >= 11 is 0. The lowest BCUT2D eigenvalue weighted by atomic mass is 10.2. The fourth-order valence-electron chi connectivity index (χ4n) is 2.54. The van der Waals surface area contributed by atoms with Crippen molar-refractivity contribution in [3.8, 4) is 0 Å². The van der Waals surface area contributed by atoms with Crippen molar-refractivity contribution in [3.63, 3.8) is 0 Å². The summed E-state index contributed by atoms with van der Waals surface area (Å²) in [6.45, 7) is 4.47. The second kappa shape index (κ2) is 6.48. The third-order valence-corrected chi connectivity index (χ3v) is 3.67. The van der Waals surface area contributed by atoms with E-state index in [0.29, 0.717) is 13.0 Å². The summed E-state index contributed by atoms with van der Waals surface area (Å²) in [5.74, 6) is -0.131. The SMILES string of the molecule is Cc1cc(C)n(CCC(=O)N/N=C\c2c[nH]c3ccccc23)n1. The van der Waals surface area contributed by atoms with Crippen molar-refractivity contribution < 1.29 is 4.79 Å². The number of nitrogens with one attached hydrogen (secondary N) is 2. The Morgan fingerprint density at radius 3 is 3.00 bits per heavy atom. The van der Waals surface area contributed by atoms with Gasteiger partial charge in [0.05, 0.1) is 18.5 Å². The number of carbonyl (C=O) groups excluding carboxylic acids is 1. The molecule has 2 aromatic heterocycles. The Bertz CT molecular complexity index is 859. The molecule has 0 fully saturated rings. The van der Waals surface area contributed by atoms with E-state index < -0.39 is 0 Å². The Morgan fingerprint density at radius 2 is 2.22 bits per heavy atom. The number of carbonyl (C=O) groups is 1. The highest BCUT2D eigenvalue weighted by Gasteiger charge is 2.05. The molecule has 0 saturated heterocycles. The number of nitrogens with zero attached hydrogens (tertiary/aromatic N) is 3. The van der Waals surface area contributed by atoms with Gasteiger partial charge in [0.25, 0.3) is 0 Å². The van der Waals surface area contributed by atoms with Crippen molar-refractivity contribution in [2.75, 3.05) is 0 Å². The smallest absolute Gasteiger partial charge is 0.241 e. The average Bonchev–Trinajstić information content (AvgIpc) is 3.08. The molecule has 3 aromatic rings. The highest BCUT2D eigenvalue weighted by atomic mass is 16.2. The second-order valence-electron chi connectivity index (χ2n) is 5.48. The maximum absolute atomic E-state index is 11.9. The summed E-state index contributed by atoms with van der Waals surface area (Å²) in [7, 11) is 0. The van der Waals surface area contributed by atoms with Crippen LogP contribution in [0.15, 0.2) is 41.6 Å². The maximum atomic E-state index is 11.9. The average molecular weight is 309 g/mol. The number of para-hydroxylation sites is 1. The van der Waals surface area contributed by atoms with E-state index in [4.69, 9.17) is 0 Å². The van der Waals surface area contributed by atoms with Crippen LogP contribution in [-0.4, -0.2) is 26.9 Å². The minimum Gasteiger partial charge on any atom is -0.361 e. The van der Waals surface area contributed by atoms with E-state index in [1.54, 1.807) is 6.21 Å². The molecule has 0 saturated carbocycles. The first-order chi connectivity index (χ1) is 11.1. The molecule has 2 heterocycles. The first-order valence-electron chi connectivity index (χ1n) is 7.52. The van der Waals surface area contributed by atoms with Crippen molar-refractivity contribution >= 4 is 23.0 Å². The van der Waals surface area contributed by atoms with Gasteiger partial charge in [-0.3, -0.25) is 9.48 Å². The second-order valence-corrected chi connectivity index (χ2v) is 5.48. The summed E-state index contributed by atoms with van der Waals surface area (Å²) in [6, 6.07) is 9.95. The number of fused-ring (bicyclic) bond motifs is 1. The number of rotatable bonds is 5. The number of aromatic nitrogens is 3. The minimum atomic E-state index is -0.131. The molecule has 118 valence electrons. The van der Waals surface area contributed by atoms with Crippen LogP contribution in [0.1, 0.15) is 23.4 Å². The van der Waals surface area contributed by atoms with Crippen LogP contribution in [0.2, 0.25) is 0 Å². The topological polar surface area (TPSA) is 75.1 Å². The van der Waals surface area contributed by atoms with Crippen LogP contribution < -0.4 is 5.43 Å². The van der Waals surface area contributed by atoms with Crippen molar-refractivity contribution in [1.29, 1.82) is 0 Å². The van der Waals surface area contributed by atoms with Gasteiger partial charge in [-0.1, -0.05) is 18.2 Å². The van der Waals surface area contributed by atoms with Crippen LogP contribution in [0.5, 0.6) is 0 Å². The molecule has 23 heavy (non-hydrogen) atoms. The van der Waals surface area contributed by atoms with Crippen molar-refractivity contribution in [3.05, 3.63) is 53.5 Å². The first kappa shape index (κ1) is 15.0. The number of hydrogen-bond acceptors (Lipinski definition) is 3. The fraction of sp³-hybridized carbons (Fsp3) is 0.235. The van der Waals surface area contributed by atoms with Gasteiger partial charge < -0.3 is 4.98 Å².